The smallest absolute Gasteiger partial charge is 0.331 e. The number of ether oxygens (including phenoxy) is 2. The van der Waals surface area contributed by atoms with Crippen LogP contribution in [0, 0.1) is 0 Å². The van der Waals surface area contributed by atoms with Crippen LogP contribution in [0.15, 0.2) is 18.2 Å². The molecule has 6 nitrogen and oxygen atoms in total. The number of likely N-dealkylation sites (N-methyl/N-ethyl adjacent to an activating group) is 1. The Labute approximate surface area is 111 Å². The Morgan fingerprint density at radius 2 is 2.00 bits per heavy atom. The number of benzene rings is 1. The van der Waals surface area contributed by atoms with E-state index in [0.717, 1.165) is 0 Å². The molecule has 0 fully saturated rings. The van der Waals surface area contributed by atoms with Crippen LogP contribution in [0.5, 0.6) is 11.5 Å². The molecule has 1 aromatic rings. The van der Waals surface area contributed by atoms with Gasteiger partial charge in [-0.2, -0.15) is 0 Å². The van der Waals surface area contributed by atoms with Gasteiger partial charge in [0.2, 0.25) is 6.41 Å². The van der Waals surface area contributed by atoms with Crippen molar-refractivity contribution in [2.45, 2.75) is 13.0 Å². The van der Waals surface area contributed by atoms with Gasteiger partial charge in [-0.15, -0.1) is 0 Å². The molecule has 0 bridgehead atoms. The van der Waals surface area contributed by atoms with Gasteiger partial charge in [0.25, 0.3) is 0 Å². The maximum Gasteiger partial charge on any atom is 0.331 e. The van der Waals surface area contributed by atoms with Crippen LogP contribution >= 0.6 is 0 Å². The standard InChI is InChI=1S/C13H17NO5/c1-4-14(8-15)12(13(16)17)9-5-6-10(18-2)11(7-9)19-3/h5-8,12H,4H2,1-3H3,(H,16,17). The zero-order valence-electron chi connectivity index (χ0n) is 11.1. The zero-order valence-corrected chi connectivity index (χ0v) is 11.1. The number of carbonyl (C=O) groups excluding carboxylic acids is 1. The zero-order chi connectivity index (χ0) is 14.4. The number of hydrogen-bond acceptors (Lipinski definition) is 4. The van der Waals surface area contributed by atoms with Crippen molar-refractivity contribution in [3.8, 4) is 11.5 Å². The Balaban J connectivity index is 3.23. The summed E-state index contributed by atoms with van der Waals surface area (Å²) in [6.07, 6.45) is 0.523. The largest absolute Gasteiger partial charge is 0.493 e. The first-order valence-electron chi connectivity index (χ1n) is 5.74. The molecule has 6 heteroatoms. The molecule has 0 heterocycles. The normalized spacial score (nSPS) is 11.5. The van der Waals surface area contributed by atoms with Gasteiger partial charge < -0.3 is 19.5 Å². The molecule has 104 valence electrons. The molecule has 1 atom stereocenters. The number of aliphatic carboxylic acids is 1. The number of nitrogens with zero attached hydrogens (tertiary/aromatic N) is 1. The van der Waals surface area contributed by atoms with E-state index in [1.54, 1.807) is 25.1 Å². The fourth-order valence-corrected chi connectivity index (χ4v) is 1.82. The van der Waals surface area contributed by atoms with Crippen LogP contribution in [0.4, 0.5) is 0 Å². The summed E-state index contributed by atoms with van der Waals surface area (Å²) in [4.78, 5) is 23.5. The number of carbonyl (C=O) groups is 2. The minimum atomic E-state index is -1.10. The topological polar surface area (TPSA) is 76.1 Å². The minimum Gasteiger partial charge on any atom is -0.493 e. The van der Waals surface area contributed by atoms with E-state index in [2.05, 4.69) is 0 Å². The van der Waals surface area contributed by atoms with Gasteiger partial charge >= 0.3 is 5.97 Å². The van der Waals surface area contributed by atoms with Crippen molar-refractivity contribution in [3.05, 3.63) is 23.8 Å². The number of rotatable bonds is 7. The Bertz CT molecular complexity index is 460. The van der Waals surface area contributed by atoms with E-state index in [9.17, 15) is 14.7 Å². The lowest BCUT2D eigenvalue weighted by Crippen LogP contribution is -2.32. The van der Waals surface area contributed by atoms with Crippen LogP contribution in [-0.2, 0) is 9.59 Å². The van der Waals surface area contributed by atoms with E-state index in [1.807, 2.05) is 0 Å². The summed E-state index contributed by atoms with van der Waals surface area (Å²) >= 11 is 0. The molecule has 1 aromatic carbocycles. The van der Waals surface area contributed by atoms with Crippen LogP contribution in [-0.4, -0.2) is 43.2 Å². The van der Waals surface area contributed by atoms with E-state index < -0.39 is 12.0 Å². The average Bonchev–Trinajstić information content (AvgIpc) is 2.43. The molecule has 1 unspecified atom stereocenters. The van der Waals surface area contributed by atoms with E-state index in [0.29, 0.717) is 30.0 Å². The fraction of sp³-hybridized carbons (Fsp3) is 0.385. The molecular weight excluding hydrogens is 250 g/mol. The predicted octanol–water partition coefficient (Wildman–Crippen LogP) is 1.31. The lowest BCUT2D eigenvalue weighted by molar-refractivity contribution is -0.146. The maximum atomic E-state index is 11.3. The predicted molar refractivity (Wildman–Crippen MR) is 68.4 cm³/mol. The van der Waals surface area contributed by atoms with Crippen molar-refractivity contribution in [1.29, 1.82) is 0 Å². The third-order valence-electron chi connectivity index (χ3n) is 2.79. The highest BCUT2D eigenvalue weighted by Gasteiger charge is 2.26. The molecule has 0 aliphatic carbocycles. The summed E-state index contributed by atoms with van der Waals surface area (Å²) in [6.45, 7) is 2.01. The van der Waals surface area contributed by atoms with Gasteiger partial charge in [0, 0.05) is 6.54 Å². The summed E-state index contributed by atoms with van der Waals surface area (Å²) < 4.78 is 10.2. The van der Waals surface area contributed by atoms with Crippen LogP contribution in [0.1, 0.15) is 18.5 Å². The third kappa shape index (κ3) is 3.15. The molecular formula is C13H17NO5. The number of carboxylic acid groups (broad SMARTS) is 1. The summed E-state index contributed by atoms with van der Waals surface area (Å²) in [5.74, 6) is -0.168. The molecule has 0 aromatic heterocycles. The molecule has 0 aliphatic heterocycles. The molecule has 1 rings (SSSR count). The van der Waals surface area contributed by atoms with Crippen molar-refractivity contribution in [2.75, 3.05) is 20.8 Å². The quantitative estimate of drug-likeness (QED) is 0.754. The van der Waals surface area contributed by atoms with Gasteiger partial charge in [0.15, 0.2) is 17.5 Å². The molecule has 19 heavy (non-hydrogen) atoms. The summed E-state index contributed by atoms with van der Waals surface area (Å²) in [7, 11) is 2.96. The van der Waals surface area contributed by atoms with E-state index in [1.165, 1.54) is 19.1 Å². The summed E-state index contributed by atoms with van der Waals surface area (Å²) in [5.41, 5.74) is 0.458. The van der Waals surface area contributed by atoms with Gasteiger partial charge in [-0.05, 0) is 24.6 Å². The Morgan fingerprint density at radius 1 is 1.37 bits per heavy atom. The average molecular weight is 267 g/mol. The molecule has 0 saturated heterocycles. The van der Waals surface area contributed by atoms with Gasteiger partial charge in [-0.25, -0.2) is 4.79 Å². The van der Waals surface area contributed by atoms with E-state index in [-0.39, 0.29) is 0 Å². The second kappa shape index (κ2) is 6.63. The van der Waals surface area contributed by atoms with Crippen molar-refractivity contribution < 1.29 is 24.2 Å². The monoisotopic (exact) mass is 267 g/mol. The van der Waals surface area contributed by atoms with Crippen LogP contribution < -0.4 is 9.47 Å². The Morgan fingerprint density at radius 3 is 2.42 bits per heavy atom. The highest BCUT2D eigenvalue weighted by atomic mass is 16.5. The number of carboxylic acids is 1. The van der Waals surface area contributed by atoms with E-state index >= 15 is 0 Å². The lowest BCUT2D eigenvalue weighted by Gasteiger charge is -2.24. The first-order chi connectivity index (χ1) is 9.08. The van der Waals surface area contributed by atoms with Gasteiger partial charge in [-0.3, -0.25) is 4.79 Å². The van der Waals surface area contributed by atoms with Gasteiger partial charge in [0.1, 0.15) is 0 Å². The highest BCUT2D eigenvalue weighted by molar-refractivity contribution is 5.78. The summed E-state index contributed by atoms with van der Waals surface area (Å²) in [5, 5.41) is 9.28. The minimum absolute atomic E-state index is 0.300. The highest BCUT2D eigenvalue weighted by Crippen LogP contribution is 2.31. The number of methoxy groups -OCH3 is 2. The molecule has 0 spiro atoms. The second-order valence-electron chi connectivity index (χ2n) is 3.79. The molecule has 1 N–H and O–H groups in total. The molecule has 0 radical (unpaired) electrons. The second-order valence-corrected chi connectivity index (χ2v) is 3.79. The van der Waals surface area contributed by atoms with Crippen molar-refractivity contribution >= 4 is 12.4 Å². The maximum absolute atomic E-state index is 11.3. The van der Waals surface area contributed by atoms with Crippen molar-refractivity contribution in [3.63, 3.8) is 0 Å². The van der Waals surface area contributed by atoms with Gasteiger partial charge in [0.05, 0.1) is 14.2 Å². The van der Waals surface area contributed by atoms with Crippen LogP contribution in [0.3, 0.4) is 0 Å². The molecule has 1 amide bonds. The fourth-order valence-electron chi connectivity index (χ4n) is 1.82. The van der Waals surface area contributed by atoms with E-state index in [4.69, 9.17) is 9.47 Å². The van der Waals surface area contributed by atoms with Crippen LogP contribution in [0.2, 0.25) is 0 Å². The van der Waals surface area contributed by atoms with Gasteiger partial charge in [-0.1, -0.05) is 6.07 Å². The number of hydrogen-bond donors (Lipinski definition) is 1. The lowest BCUT2D eigenvalue weighted by atomic mass is 10.0. The SMILES string of the molecule is CCN(C=O)C(C(=O)O)c1ccc(OC)c(OC)c1. The molecule has 0 saturated carbocycles. The van der Waals surface area contributed by atoms with Crippen LogP contribution in [0.25, 0.3) is 0 Å². The third-order valence-corrected chi connectivity index (χ3v) is 2.79. The first-order valence-corrected chi connectivity index (χ1v) is 5.74. The number of amides is 1. The van der Waals surface area contributed by atoms with Crippen molar-refractivity contribution in [1.82, 2.24) is 4.90 Å². The Kier molecular flexibility index (Phi) is 5.17. The Hall–Kier alpha value is -2.24. The first kappa shape index (κ1) is 14.8. The molecule has 0 aliphatic rings. The van der Waals surface area contributed by atoms with Crippen molar-refractivity contribution in [2.24, 2.45) is 0 Å². The summed E-state index contributed by atoms with van der Waals surface area (Å²) in [6, 6.07) is 3.74.